The summed E-state index contributed by atoms with van der Waals surface area (Å²) in [6.07, 6.45) is 3.74. The van der Waals surface area contributed by atoms with Crippen LogP contribution in [0.2, 0.25) is 0 Å². The maximum absolute atomic E-state index is 13.0. The summed E-state index contributed by atoms with van der Waals surface area (Å²) in [5.41, 5.74) is 3.54. The molecule has 0 aromatic heterocycles. The van der Waals surface area contributed by atoms with Gasteiger partial charge in [0.2, 0.25) is 0 Å². The van der Waals surface area contributed by atoms with Gasteiger partial charge >= 0.3 is 0 Å². The SMILES string of the molecule is O=C(NCCN1CCN(C2CCCc3ccccc32)CC1)c1ccc([18F])cc1. The van der Waals surface area contributed by atoms with Gasteiger partial charge in [-0.05, 0) is 54.7 Å². The van der Waals surface area contributed by atoms with Crippen LogP contribution in [0, 0.1) is 5.82 Å². The van der Waals surface area contributed by atoms with Crippen molar-refractivity contribution in [3.05, 3.63) is 71.0 Å². The molecule has 1 heterocycles. The number of halogens is 1. The van der Waals surface area contributed by atoms with Crippen LogP contribution >= 0.6 is 0 Å². The predicted molar refractivity (Wildman–Crippen MR) is 109 cm³/mol. The number of nitrogens with zero attached hydrogens (tertiary/aromatic N) is 2. The lowest BCUT2D eigenvalue weighted by atomic mass is 9.86. The molecule has 1 N–H and O–H groups in total. The van der Waals surface area contributed by atoms with E-state index >= 15 is 0 Å². The molecule has 1 unspecified atom stereocenters. The summed E-state index contributed by atoms with van der Waals surface area (Å²) in [4.78, 5) is 17.2. The second kappa shape index (κ2) is 8.84. The maximum Gasteiger partial charge on any atom is 0.251 e. The molecular weight excluding hydrogens is 352 g/mol. The van der Waals surface area contributed by atoms with Crippen LogP contribution in [0.1, 0.15) is 40.4 Å². The van der Waals surface area contributed by atoms with Gasteiger partial charge in [-0.2, -0.15) is 0 Å². The fraction of sp³-hybridized carbons (Fsp3) is 0.435. The zero-order valence-electron chi connectivity index (χ0n) is 16.2. The van der Waals surface area contributed by atoms with E-state index in [9.17, 15) is 9.18 Å². The first-order valence-corrected chi connectivity index (χ1v) is 10.3. The molecule has 2 aromatic carbocycles. The van der Waals surface area contributed by atoms with Crippen LogP contribution in [0.3, 0.4) is 0 Å². The summed E-state index contributed by atoms with van der Waals surface area (Å²) in [6.45, 7) is 5.68. The van der Waals surface area contributed by atoms with Gasteiger partial charge in [-0.25, -0.2) is 4.39 Å². The predicted octanol–water partition coefficient (Wildman–Crippen LogP) is 3.25. The molecule has 4 nitrogen and oxygen atoms in total. The van der Waals surface area contributed by atoms with Crippen molar-refractivity contribution in [3.63, 3.8) is 0 Å². The van der Waals surface area contributed by atoms with Gasteiger partial charge in [-0.3, -0.25) is 14.6 Å². The number of benzene rings is 2. The first-order chi connectivity index (χ1) is 13.7. The molecule has 4 rings (SSSR count). The highest BCUT2D eigenvalue weighted by Crippen LogP contribution is 2.34. The molecule has 0 spiro atoms. The molecule has 1 aliphatic heterocycles. The monoisotopic (exact) mass is 380 g/mol. The van der Waals surface area contributed by atoms with Gasteiger partial charge < -0.3 is 5.32 Å². The first kappa shape index (κ1) is 19.1. The minimum atomic E-state index is -0.324. The van der Waals surface area contributed by atoms with E-state index in [1.165, 1.54) is 54.7 Å². The number of carbonyl (C=O) groups excluding carboxylic acids is 1. The molecule has 0 saturated carbocycles. The highest BCUT2D eigenvalue weighted by atomic mass is 18.2. The Morgan fingerprint density at radius 3 is 2.57 bits per heavy atom. The highest BCUT2D eigenvalue weighted by Gasteiger charge is 2.28. The van der Waals surface area contributed by atoms with Crippen molar-refractivity contribution in [1.82, 2.24) is 15.1 Å². The number of amides is 1. The van der Waals surface area contributed by atoms with Crippen LogP contribution in [0.15, 0.2) is 48.5 Å². The van der Waals surface area contributed by atoms with E-state index in [0.29, 0.717) is 18.2 Å². The average Bonchev–Trinajstić information content (AvgIpc) is 2.74. The Morgan fingerprint density at radius 1 is 1.04 bits per heavy atom. The third-order valence-corrected chi connectivity index (χ3v) is 6.01. The fourth-order valence-electron chi connectivity index (χ4n) is 4.44. The largest absolute Gasteiger partial charge is 0.351 e. The number of hydrogen-bond donors (Lipinski definition) is 1. The summed E-state index contributed by atoms with van der Waals surface area (Å²) >= 11 is 0. The smallest absolute Gasteiger partial charge is 0.251 e. The molecule has 0 radical (unpaired) electrons. The van der Waals surface area contributed by atoms with Gasteiger partial charge in [0.15, 0.2) is 0 Å². The minimum Gasteiger partial charge on any atom is -0.351 e. The molecule has 1 fully saturated rings. The number of nitrogens with one attached hydrogen (secondary N) is 1. The van der Waals surface area contributed by atoms with E-state index in [1.54, 1.807) is 0 Å². The summed E-state index contributed by atoms with van der Waals surface area (Å²) < 4.78 is 13.0. The van der Waals surface area contributed by atoms with Gasteiger partial charge in [-0.1, -0.05) is 24.3 Å². The molecule has 1 aliphatic carbocycles. The van der Waals surface area contributed by atoms with Crippen molar-refractivity contribution in [1.29, 1.82) is 0 Å². The molecule has 5 heteroatoms. The van der Waals surface area contributed by atoms with Crippen molar-refractivity contribution >= 4 is 5.91 Å². The topological polar surface area (TPSA) is 35.6 Å². The Bertz CT molecular complexity index is 800. The molecule has 28 heavy (non-hydrogen) atoms. The van der Waals surface area contributed by atoms with Crippen molar-refractivity contribution < 1.29 is 9.18 Å². The molecule has 1 atom stereocenters. The van der Waals surface area contributed by atoms with Crippen LogP contribution in [-0.2, 0) is 6.42 Å². The Morgan fingerprint density at radius 2 is 1.79 bits per heavy atom. The summed E-state index contributed by atoms with van der Waals surface area (Å²) in [7, 11) is 0. The van der Waals surface area contributed by atoms with E-state index in [4.69, 9.17) is 0 Å². The van der Waals surface area contributed by atoms with Crippen LogP contribution in [0.5, 0.6) is 0 Å². The van der Waals surface area contributed by atoms with E-state index < -0.39 is 0 Å². The lowest BCUT2D eigenvalue weighted by molar-refractivity contribution is 0.0847. The maximum atomic E-state index is 13.0. The van der Waals surface area contributed by atoms with Crippen molar-refractivity contribution in [2.75, 3.05) is 39.3 Å². The van der Waals surface area contributed by atoms with Crippen molar-refractivity contribution in [2.45, 2.75) is 25.3 Å². The molecule has 148 valence electrons. The number of aryl methyl sites for hydroxylation is 1. The summed E-state index contributed by atoms with van der Waals surface area (Å²) in [5, 5.41) is 2.94. The summed E-state index contributed by atoms with van der Waals surface area (Å²) in [5.74, 6) is -0.465. The van der Waals surface area contributed by atoms with Gasteiger partial charge in [0.1, 0.15) is 5.82 Å². The van der Waals surface area contributed by atoms with E-state index in [2.05, 4.69) is 39.4 Å². The molecule has 0 bridgehead atoms. The lowest BCUT2D eigenvalue weighted by Crippen LogP contribution is -2.49. The molecule has 2 aliphatic rings. The second-order valence-corrected chi connectivity index (χ2v) is 7.75. The Balaban J connectivity index is 1.23. The second-order valence-electron chi connectivity index (χ2n) is 7.75. The number of carbonyl (C=O) groups is 1. The number of piperazine rings is 1. The Labute approximate surface area is 166 Å². The Kier molecular flexibility index (Phi) is 6.03. The van der Waals surface area contributed by atoms with E-state index in [0.717, 1.165) is 32.7 Å². The van der Waals surface area contributed by atoms with Crippen LogP contribution in [0.25, 0.3) is 0 Å². The average molecular weight is 380 g/mol. The molecule has 2 aromatic rings. The van der Waals surface area contributed by atoms with Crippen molar-refractivity contribution in [2.24, 2.45) is 0 Å². The Hall–Kier alpha value is -2.24. The number of rotatable bonds is 5. The molecule has 1 saturated heterocycles. The fourth-order valence-corrected chi connectivity index (χ4v) is 4.44. The van der Waals surface area contributed by atoms with Gasteiger partial charge in [0.05, 0.1) is 0 Å². The third-order valence-electron chi connectivity index (χ3n) is 6.01. The van der Waals surface area contributed by atoms with E-state index in [1.807, 2.05) is 0 Å². The summed E-state index contributed by atoms with van der Waals surface area (Å²) in [6, 6.07) is 15.1. The van der Waals surface area contributed by atoms with Gasteiger partial charge in [-0.15, -0.1) is 0 Å². The van der Waals surface area contributed by atoms with E-state index in [-0.39, 0.29) is 11.7 Å². The molecular formula is C23H28FN3O. The number of hydrogen-bond acceptors (Lipinski definition) is 3. The van der Waals surface area contributed by atoms with Crippen LogP contribution in [-0.4, -0.2) is 55.0 Å². The lowest BCUT2D eigenvalue weighted by Gasteiger charge is -2.41. The third kappa shape index (κ3) is 4.42. The van der Waals surface area contributed by atoms with Crippen LogP contribution in [0.4, 0.5) is 4.39 Å². The molecule has 1 amide bonds. The van der Waals surface area contributed by atoms with Gasteiger partial charge in [0, 0.05) is 50.9 Å². The quantitative estimate of drug-likeness (QED) is 0.865. The van der Waals surface area contributed by atoms with Crippen LogP contribution < -0.4 is 5.32 Å². The first-order valence-electron chi connectivity index (χ1n) is 10.3. The number of fused-ring (bicyclic) bond motifs is 1. The highest BCUT2D eigenvalue weighted by molar-refractivity contribution is 5.94. The minimum absolute atomic E-state index is 0.141. The van der Waals surface area contributed by atoms with Gasteiger partial charge in [0.25, 0.3) is 5.91 Å². The zero-order chi connectivity index (χ0) is 19.3. The van der Waals surface area contributed by atoms with Crippen molar-refractivity contribution in [3.8, 4) is 0 Å². The standard InChI is InChI=1S/C23H28FN3O/c24-20-10-8-19(9-11-20)23(28)25-12-13-26-14-16-27(17-15-26)22-7-3-5-18-4-1-2-6-21(18)22/h1-2,4,6,8-11,22H,3,5,7,12-17H2,(H,25,28)/i24-1. The zero-order valence-corrected chi connectivity index (χ0v) is 16.2. The normalized spacial score (nSPS) is 20.5.